The Bertz CT molecular complexity index is 359. The van der Waals surface area contributed by atoms with E-state index < -0.39 is 0 Å². The average Bonchev–Trinajstić information content (AvgIpc) is 2.76. The Morgan fingerprint density at radius 3 is 2.75 bits per heavy atom. The number of hydrogen-bond donors (Lipinski definition) is 1. The molecule has 88 valence electrons. The monoisotopic (exact) mass is 219 g/mol. The first-order valence-corrected chi connectivity index (χ1v) is 6.53. The molecule has 1 N–H and O–H groups in total. The van der Waals surface area contributed by atoms with Gasteiger partial charge in [-0.05, 0) is 52.1 Å². The van der Waals surface area contributed by atoms with Crippen molar-refractivity contribution in [1.82, 2.24) is 14.9 Å². The fourth-order valence-electron chi connectivity index (χ4n) is 3.11. The first kappa shape index (κ1) is 10.3. The average molecular weight is 219 g/mol. The van der Waals surface area contributed by atoms with Crippen LogP contribution in [0.4, 0.5) is 0 Å². The van der Waals surface area contributed by atoms with Gasteiger partial charge in [0.05, 0.1) is 6.33 Å². The molecule has 3 nitrogen and oxygen atoms in total. The molecule has 0 aromatic carbocycles. The topological polar surface area (TPSA) is 29.9 Å². The lowest BCUT2D eigenvalue weighted by atomic mass is 9.77. The van der Waals surface area contributed by atoms with Crippen LogP contribution in [0, 0.1) is 0 Å². The van der Waals surface area contributed by atoms with Gasteiger partial charge in [-0.2, -0.15) is 0 Å². The minimum Gasteiger partial charge on any atom is -0.328 e. The van der Waals surface area contributed by atoms with Crippen molar-refractivity contribution in [3.05, 3.63) is 18.2 Å². The van der Waals surface area contributed by atoms with Gasteiger partial charge in [0.1, 0.15) is 0 Å². The van der Waals surface area contributed by atoms with Crippen molar-refractivity contribution in [2.45, 2.75) is 50.5 Å². The van der Waals surface area contributed by atoms with Crippen LogP contribution in [0.5, 0.6) is 0 Å². The summed E-state index contributed by atoms with van der Waals surface area (Å²) < 4.78 is 2.46. The maximum Gasteiger partial charge on any atom is 0.0953 e. The zero-order valence-corrected chi connectivity index (χ0v) is 10.1. The summed E-state index contributed by atoms with van der Waals surface area (Å²) in [5.41, 5.74) is 1.85. The van der Waals surface area contributed by atoms with Gasteiger partial charge in [-0.15, -0.1) is 0 Å². The van der Waals surface area contributed by atoms with Crippen molar-refractivity contribution in [2.24, 2.45) is 0 Å². The SMILES string of the molecule is CC1(n2cncc2C2CCNCC2)CCC1. The van der Waals surface area contributed by atoms with Crippen molar-refractivity contribution in [2.75, 3.05) is 13.1 Å². The van der Waals surface area contributed by atoms with Crippen LogP contribution in [0.3, 0.4) is 0 Å². The van der Waals surface area contributed by atoms with Crippen molar-refractivity contribution >= 4 is 0 Å². The summed E-state index contributed by atoms with van der Waals surface area (Å²) in [4.78, 5) is 4.39. The van der Waals surface area contributed by atoms with Gasteiger partial charge >= 0.3 is 0 Å². The number of aromatic nitrogens is 2. The first-order chi connectivity index (χ1) is 7.80. The minimum absolute atomic E-state index is 0.372. The molecule has 1 aliphatic carbocycles. The molecule has 3 rings (SSSR count). The Morgan fingerprint density at radius 2 is 2.12 bits per heavy atom. The summed E-state index contributed by atoms with van der Waals surface area (Å²) >= 11 is 0. The molecule has 3 heteroatoms. The summed E-state index contributed by atoms with van der Waals surface area (Å²) in [5.74, 6) is 0.723. The van der Waals surface area contributed by atoms with E-state index in [-0.39, 0.29) is 0 Å². The predicted octanol–water partition coefficient (Wildman–Crippen LogP) is 2.25. The van der Waals surface area contributed by atoms with Crippen LogP contribution in [-0.4, -0.2) is 22.6 Å². The lowest BCUT2D eigenvalue weighted by molar-refractivity contribution is 0.160. The van der Waals surface area contributed by atoms with E-state index in [2.05, 4.69) is 34.3 Å². The van der Waals surface area contributed by atoms with Gasteiger partial charge in [-0.25, -0.2) is 4.98 Å². The molecule has 0 radical (unpaired) electrons. The highest BCUT2D eigenvalue weighted by atomic mass is 15.1. The molecule has 0 unspecified atom stereocenters. The largest absolute Gasteiger partial charge is 0.328 e. The van der Waals surface area contributed by atoms with Gasteiger partial charge in [0.25, 0.3) is 0 Å². The molecular weight excluding hydrogens is 198 g/mol. The maximum atomic E-state index is 4.39. The summed E-state index contributed by atoms with van der Waals surface area (Å²) in [6.07, 6.45) is 10.7. The van der Waals surface area contributed by atoms with E-state index in [0.717, 1.165) is 19.0 Å². The smallest absolute Gasteiger partial charge is 0.0953 e. The van der Waals surface area contributed by atoms with Crippen LogP contribution in [0.25, 0.3) is 0 Å². The van der Waals surface area contributed by atoms with Crippen LogP contribution < -0.4 is 5.32 Å². The van der Waals surface area contributed by atoms with Crippen molar-refractivity contribution in [3.63, 3.8) is 0 Å². The molecular formula is C13H21N3. The van der Waals surface area contributed by atoms with Gasteiger partial charge in [0.2, 0.25) is 0 Å². The third-order valence-corrected chi connectivity index (χ3v) is 4.44. The summed E-state index contributed by atoms with van der Waals surface area (Å²) in [7, 11) is 0. The van der Waals surface area contributed by atoms with Crippen molar-refractivity contribution < 1.29 is 0 Å². The van der Waals surface area contributed by atoms with E-state index in [1.165, 1.54) is 37.8 Å². The lowest BCUT2D eigenvalue weighted by Crippen LogP contribution is -2.39. The van der Waals surface area contributed by atoms with Gasteiger partial charge in [-0.1, -0.05) is 0 Å². The molecule has 1 aromatic heterocycles. The van der Waals surface area contributed by atoms with E-state index in [0.29, 0.717) is 5.54 Å². The predicted molar refractivity (Wildman–Crippen MR) is 64.6 cm³/mol. The molecule has 0 spiro atoms. The summed E-state index contributed by atoms with van der Waals surface area (Å²) in [5, 5.41) is 3.43. The lowest BCUT2D eigenvalue weighted by Gasteiger charge is -2.42. The highest BCUT2D eigenvalue weighted by Gasteiger charge is 2.36. The van der Waals surface area contributed by atoms with Gasteiger partial charge in [0.15, 0.2) is 0 Å². The zero-order valence-electron chi connectivity index (χ0n) is 10.1. The third kappa shape index (κ3) is 1.58. The van der Waals surface area contributed by atoms with Crippen molar-refractivity contribution in [1.29, 1.82) is 0 Å². The molecule has 2 fully saturated rings. The summed E-state index contributed by atoms with van der Waals surface area (Å²) in [6, 6.07) is 0. The molecule has 0 bridgehead atoms. The zero-order chi connectivity index (χ0) is 11.0. The highest BCUT2D eigenvalue weighted by molar-refractivity contribution is 5.12. The standard InChI is InChI=1S/C13H21N3/c1-13(5-2-6-13)16-10-15-9-12(16)11-3-7-14-8-4-11/h9-11,14H,2-8H2,1H3. The number of nitrogens with zero attached hydrogens (tertiary/aromatic N) is 2. The van der Waals surface area contributed by atoms with Crippen LogP contribution in [0.2, 0.25) is 0 Å². The first-order valence-electron chi connectivity index (χ1n) is 6.53. The third-order valence-electron chi connectivity index (χ3n) is 4.44. The second-order valence-electron chi connectivity index (χ2n) is 5.56. The Hall–Kier alpha value is -0.830. The second-order valence-corrected chi connectivity index (χ2v) is 5.56. The number of hydrogen-bond acceptors (Lipinski definition) is 2. The number of imidazole rings is 1. The van der Waals surface area contributed by atoms with Gasteiger partial charge < -0.3 is 9.88 Å². The summed E-state index contributed by atoms with van der Waals surface area (Å²) in [6.45, 7) is 4.70. The maximum absolute atomic E-state index is 4.39. The van der Waals surface area contributed by atoms with Crippen LogP contribution >= 0.6 is 0 Å². The minimum atomic E-state index is 0.372. The number of rotatable bonds is 2. The number of piperidine rings is 1. The molecule has 16 heavy (non-hydrogen) atoms. The fourth-order valence-corrected chi connectivity index (χ4v) is 3.11. The molecule has 1 aliphatic heterocycles. The molecule has 2 aliphatic rings. The Balaban J connectivity index is 1.86. The van der Waals surface area contributed by atoms with Gasteiger partial charge in [-0.3, -0.25) is 0 Å². The molecule has 0 amide bonds. The fraction of sp³-hybridized carbons (Fsp3) is 0.769. The van der Waals surface area contributed by atoms with E-state index in [1.54, 1.807) is 0 Å². The van der Waals surface area contributed by atoms with E-state index >= 15 is 0 Å². The molecule has 1 saturated heterocycles. The Kier molecular flexibility index (Phi) is 2.51. The quantitative estimate of drug-likeness (QED) is 0.826. The van der Waals surface area contributed by atoms with Crippen LogP contribution in [-0.2, 0) is 5.54 Å². The molecule has 0 atom stereocenters. The second kappa shape index (κ2) is 3.88. The van der Waals surface area contributed by atoms with Crippen molar-refractivity contribution in [3.8, 4) is 0 Å². The molecule has 1 aromatic rings. The Morgan fingerprint density at radius 1 is 1.38 bits per heavy atom. The molecule has 2 heterocycles. The van der Waals surface area contributed by atoms with Crippen LogP contribution in [0.15, 0.2) is 12.5 Å². The molecule has 1 saturated carbocycles. The van der Waals surface area contributed by atoms with E-state index in [1.807, 2.05) is 0 Å². The van der Waals surface area contributed by atoms with E-state index in [9.17, 15) is 0 Å². The van der Waals surface area contributed by atoms with Crippen LogP contribution in [0.1, 0.15) is 50.6 Å². The Labute approximate surface area is 97.3 Å². The highest BCUT2D eigenvalue weighted by Crippen LogP contribution is 2.41. The normalized spacial score (nSPS) is 25.3. The van der Waals surface area contributed by atoms with Gasteiger partial charge in [0, 0.05) is 23.3 Å². The number of nitrogens with one attached hydrogen (secondary N) is 1. The van der Waals surface area contributed by atoms with E-state index in [4.69, 9.17) is 0 Å².